The van der Waals surface area contributed by atoms with Crippen molar-refractivity contribution in [3.8, 4) is 0 Å². The Morgan fingerprint density at radius 3 is 2.85 bits per heavy atom. The van der Waals surface area contributed by atoms with Crippen molar-refractivity contribution < 1.29 is 0 Å². The number of nitrogens with one attached hydrogen (secondary N) is 1. The maximum Gasteiger partial charge on any atom is 0.134 e. The molecule has 1 aliphatic rings. The van der Waals surface area contributed by atoms with Crippen molar-refractivity contribution in [2.75, 3.05) is 23.3 Å². The zero-order chi connectivity index (χ0) is 17.8. The van der Waals surface area contributed by atoms with E-state index in [9.17, 15) is 0 Å². The molecule has 0 spiro atoms. The van der Waals surface area contributed by atoms with E-state index in [1.54, 1.807) is 6.33 Å². The van der Waals surface area contributed by atoms with Crippen molar-refractivity contribution in [3.63, 3.8) is 0 Å². The fourth-order valence-corrected chi connectivity index (χ4v) is 3.19. The number of aryl methyl sites for hydroxylation is 1. The van der Waals surface area contributed by atoms with Gasteiger partial charge < -0.3 is 10.2 Å². The van der Waals surface area contributed by atoms with Gasteiger partial charge in [0.1, 0.15) is 18.0 Å². The van der Waals surface area contributed by atoms with E-state index in [0.29, 0.717) is 0 Å². The highest BCUT2D eigenvalue weighted by Crippen LogP contribution is 2.26. The Morgan fingerprint density at radius 1 is 1.08 bits per heavy atom. The highest BCUT2D eigenvalue weighted by atomic mass is 15.2. The fraction of sp³-hybridized carbons (Fsp3) is 0.300. The van der Waals surface area contributed by atoms with Crippen molar-refractivity contribution in [1.82, 2.24) is 19.9 Å². The number of pyridine rings is 2. The molecule has 0 radical (unpaired) electrons. The van der Waals surface area contributed by atoms with Gasteiger partial charge in [0.25, 0.3) is 0 Å². The Balaban J connectivity index is 1.47. The van der Waals surface area contributed by atoms with Crippen molar-refractivity contribution in [3.05, 3.63) is 71.6 Å². The molecule has 0 saturated heterocycles. The molecule has 4 heterocycles. The van der Waals surface area contributed by atoms with Crippen LogP contribution in [0.4, 0.5) is 11.6 Å². The van der Waals surface area contributed by atoms with E-state index in [0.717, 1.165) is 55.5 Å². The average molecular weight is 346 g/mol. The van der Waals surface area contributed by atoms with Crippen LogP contribution in [-0.2, 0) is 19.4 Å². The van der Waals surface area contributed by atoms with E-state index in [4.69, 9.17) is 0 Å². The minimum Gasteiger partial charge on any atom is -0.369 e. The van der Waals surface area contributed by atoms with Gasteiger partial charge in [-0.15, -0.1) is 0 Å². The standard InChI is InChI=1S/C20H22N6/c1-15-5-6-19(23-12-15)26-11-8-18-17(13-26)20(25-14-24-18)22-10-7-16-4-2-3-9-21-16/h2-6,9,12,14H,7-8,10-11,13H2,1H3,(H,22,24,25). The first-order valence-corrected chi connectivity index (χ1v) is 8.94. The second kappa shape index (κ2) is 7.47. The zero-order valence-corrected chi connectivity index (χ0v) is 14.9. The molecule has 6 heteroatoms. The normalized spacial score (nSPS) is 13.3. The molecule has 0 bridgehead atoms. The first-order valence-electron chi connectivity index (χ1n) is 8.94. The summed E-state index contributed by atoms with van der Waals surface area (Å²) in [5, 5.41) is 3.46. The molecule has 0 amide bonds. The lowest BCUT2D eigenvalue weighted by Gasteiger charge is -2.30. The molecule has 3 aromatic heterocycles. The van der Waals surface area contributed by atoms with Crippen molar-refractivity contribution in [2.45, 2.75) is 26.3 Å². The second-order valence-electron chi connectivity index (χ2n) is 6.51. The van der Waals surface area contributed by atoms with Gasteiger partial charge in [0.2, 0.25) is 0 Å². The van der Waals surface area contributed by atoms with Crippen LogP contribution in [0.3, 0.4) is 0 Å². The molecule has 0 aliphatic carbocycles. The Morgan fingerprint density at radius 2 is 2.04 bits per heavy atom. The third-order valence-corrected chi connectivity index (χ3v) is 4.62. The third kappa shape index (κ3) is 3.64. The van der Waals surface area contributed by atoms with E-state index in [2.05, 4.69) is 49.2 Å². The summed E-state index contributed by atoms with van der Waals surface area (Å²) in [7, 11) is 0. The van der Waals surface area contributed by atoms with Gasteiger partial charge in [0.05, 0.1) is 5.69 Å². The highest BCUT2D eigenvalue weighted by molar-refractivity contribution is 5.52. The largest absolute Gasteiger partial charge is 0.369 e. The molecule has 0 unspecified atom stereocenters. The Kier molecular flexibility index (Phi) is 4.73. The Labute approximate surface area is 153 Å². The number of aromatic nitrogens is 4. The molecule has 0 aromatic carbocycles. The molecule has 4 rings (SSSR count). The van der Waals surface area contributed by atoms with Crippen LogP contribution in [0.15, 0.2) is 49.1 Å². The molecular weight excluding hydrogens is 324 g/mol. The highest BCUT2D eigenvalue weighted by Gasteiger charge is 2.21. The first kappa shape index (κ1) is 16.4. The lowest BCUT2D eigenvalue weighted by Crippen LogP contribution is -2.32. The maximum absolute atomic E-state index is 4.56. The molecular formula is C20H22N6. The lowest BCUT2D eigenvalue weighted by molar-refractivity contribution is 0.697. The molecule has 26 heavy (non-hydrogen) atoms. The predicted octanol–water partition coefficient (Wildman–Crippen LogP) is 2.79. The van der Waals surface area contributed by atoms with Gasteiger partial charge in [-0.05, 0) is 30.7 Å². The summed E-state index contributed by atoms with van der Waals surface area (Å²) in [6.07, 6.45) is 7.17. The monoisotopic (exact) mass is 346 g/mol. The van der Waals surface area contributed by atoms with Crippen LogP contribution >= 0.6 is 0 Å². The summed E-state index contributed by atoms with van der Waals surface area (Å²) in [6, 6.07) is 10.2. The Bertz CT molecular complexity index is 863. The predicted molar refractivity (Wildman–Crippen MR) is 102 cm³/mol. The van der Waals surface area contributed by atoms with Gasteiger partial charge >= 0.3 is 0 Å². The smallest absolute Gasteiger partial charge is 0.134 e. The van der Waals surface area contributed by atoms with Crippen LogP contribution < -0.4 is 10.2 Å². The topological polar surface area (TPSA) is 66.8 Å². The van der Waals surface area contributed by atoms with Crippen LogP contribution in [0.5, 0.6) is 0 Å². The molecule has 0 atom stereocenters. The van der Waals surface area contributed by atoms with Gasteiger partial charge in [-0.2, -0.15) is 0 Å². The number of anilines is 2. The number of rotatable bonds is 5. The van der Waals surface area contributed by atoms with E-state index in [1.165, 1.54) is 11.1 Å². The quantitative estimate of drug-likeness (QED) is 0.766. The van der Waals surface area contributed by atoms with Crippen LogP contribution in [0.2, 0.25) is 0 Å². The summed E-state index contributed by atoms with van der Waals surface area (Å²) in [5.74, 6) is 1.92. The molecule has 0 fully saturated rings. The van der Waals surface area contributed by atoms with E-state index >= 15 is 0 Å². The molecule has 0 saturated carbocycles. The minimum absolute atomic E-state index is 0.776. The van der Waals surface area contributed by atoms with Gasteiger partial charge in [0, 0.05) is 56.1 Å². The minimum atomic E-state index is 0.776. The van der Waals surface area contributed by atoms with Crippen LogP contribution in [0, 0.1) is 6.92 Å². The van der Waals surface area contributed by atoms with Crippen molar-refractivity contribution in [1.29, 1.82) is 0 Å². The zero-order valence-electron chi connectivity index (χ0n) is 14.9. The number of hydrogen-bond donors (Lipinski definition) is 1. The molecule has 3 aromatic rings. The van der Waals surface area contributed by atoms with Crippen molar-refractivity contribution in [2.24, 2.45) is 0 Å². The molecule has 1 N–H and O–H groups in total. The van der Waals surface area contributed by atoms with Crippen LogP contribution in [-0.4, -0.2) is 33.0 Å². The summed E-state index contributed by atoms with van der Waals surface area (Å²) in [6.45, 7) is 4.55. The van der Waals surface area contributed by atoms with Crippen LogP contribution in [0.1, 0.15) is 22.5 Å². The summed E-state index contributed by atoms with van der Waals surface area (Å²) in [5.41, 5.74) is 4.55. The third-order valence-electron chi connectivity index (χ3n) is 4.62. The average Bonchev–Trinajstić information content (AvgIpc) is 2.69. The summed E-state index contributed by atoms with van der Waals surface area (Å²) >= 11 is 0. The van der Waals surface area contributed by atoms with Crippen molar-refractivity contribution >= 4 is 11.6 Å². The first-order chi connectivity index (χ1) is 12.8. The lowest BCUT2D eigenvalue weighted by atomic mass is 10.1. The van der Waals surface area contributed by atoms with Gasteiger partial charge in [0.15, 0.2) is 0 Å². The Hall–Kier alpha value is -3.02. The fourth-order valence-electron chi connectivity index (χ4n) is 3.19. The number of hydrogen-bond acceptors (Lipinski definition) is 6. The number of fused-ring (bicyclic) bond motifs is 1. The summed E-state index contributed by atoms with van der Waals surface area (Å²) in [4.78, 5) is 20.2. The molecule has 6 nitrogen and oxygen atoms in total. The number of nitrogens with zero attached hydrogens (tertiary/aromatic N) is 5. The van der Waals surface area contributed by atoms with Gasteiger partial charge in [-0.25, -0.2) is 15.0 Å². The van der Waals surface area contributed by atoms with Crippen LogP contribution in [0.25, 0.3) is 0 Å². The van der Waals surface area contributed by atoms with E-state index in [1.807, 2.05) is 30.6 Å². The van der Waals surface area contributed by atoms with Gasteiger partial charge in [-0.1, -0.05) is 12.1 Å². The molecule has 1 aliphatic heterocycles. The summed E-state index contributed by atoms with van der Waals surface area (Å²) < 4.78 is 0. The van der Waals surface area contributed by atoms with E-state index < -0.39 is 0 Å². The maximum atomic E-state index is 4.56. The molecule has 132 valence electrons. The second-order valence-corrected chi connectivity index (χ2v) is 6.51. The SMILES string of the molecule is Cc1ccc(N2CCc3ncnc(NCCc4ccccn4)c3C2)nc1. The van der Waals surface area contributed by atoms with Gasteiger partial charge in [-0.3, -0.25) is 4.98 Å². The van der Waals surface area contributed by atoms with E-state index in [-0.39, 0.29) is 0 Å².